The number of carbonyl (C=O) groups excluding carboxylic acids is 2. The van der Waals surface area contributed by atoms with Crippen LogP contribution in [0.3, 0.4) is 0 Å². The van der Waals surface area contributed by atoms with Crippen LogP contribution in [0, 0.1) is 0 Å². The Morgan fingerprint density at radius 3 is 2.70 bits per heavy atom. The molecule has 0 spiro atoms. The van der Waals surface area contributed by atoms with Gasteiger partial charge in [0.1, 0.15) is 6.04 Å². The maximum atomic E-state index is 12.5. The van der Waals surface area contributed by atoms with Crippen LogP contribution in [0.25, 0.3) is 0 Å². The van der Waals surface area contributed by atoms with Gasteiger partial charge in [0.05, 0.1) is 0 Å². The van der Waals surface area contributed by atoms with E-state index in [-0.39, 0.29) is 11.8 Å². The van der Waals surface area contributed by atoms with E-state index in [1.54, 1.807) is 0 Å². The molecule has 2 amide bonds. The molecule has 20 heavy (non-hydrogen) atoms. The van der Waals surface area contributed by atoms with Crippen molar-refractivity contribution in [2.45, 2.75) is 38.6 Å². The van der Waals surface area contributed by atoms with Crippen molar-refractivity contribution >= 4 is 11.8 Å². The highest BCUT2D eigenvalue weighted by atomic mass is 16.2. The number of hydrogen-bond acceptors (Lipinski definition) is 2. The van der Waals surface area contributed by atoms with Crippen LogP contribution in [0.15, 0.2) is 30.3 Å². The molecule has 1 heterocycles. The first-order chi connectivity index (χ1) is 9.70. The molecule has 0 radical (unpaired) electrons. The number of unbranched alkanes of at least 4 members (excludes halogenated alkanes) is 1. The van der Waals surface area contributed by atoms with Crippen molar-refractivity contribution in [3.05, 3.63) is 35.9 Å². The molecule has 0 aliphatic carbocycles. The molecule has 1 N–H and O–H groups in total. The normalized spacial score (nSPS) is 19.6. The van der Waals surface area contributed by atoms with Gasteiger partial charge in [0.2, 0.25) is 11.8 Å². The molecule has 4 heteroatoms. The predicted molar refractivity (Wildman–Crippen MR) is 78.2 cm³/mol. The number of carbonyl (C=O) groups is 2. The van der Waals surface area contributed by atoms with Crippen molar-refractivity contribution < 1.29 is 9.59 Å². The maximum absolute atomic E-state index is 12.5. The minimum atomic E-state index is -0.427. The van der Waals surface area contributed by atoms with Gasteiger partial charge in [-0.05, 0) is 12.0 Å². The van der Waals surface area contributed by atoms with Crippen LogP contribution in [0.2, 0.25) is 0 Å². The zero-order chi connectivity index (χ0) is 14.4. The lowest BCUT2D eigenvalue weighted by atomic mass is 10.0. The Hall–Kier alpha value is -1.84. The van der Waals surface area contributed by atoms with Gasteiger partial charge >= 0.3 is 0 Å². The third-order valence-corrected chi connectivity index (χ3v) is 3.62. The molecular formula is C16H22N2O2. The molecule has 108 valence electrons. The summed E-state index contributed by atoms with van der Waals surface area (Å²) in [6, 6.07) is 9.40. The zero-order valence-corrected chi connectivity index (χ0v) is 12.0. The first-order valence-electron chi connectivity index (χ1n) is 7.32. The second kappa shape index (κ2) is 7.08. The molecule has 1 aromatic carbocycles. The highest BCUT2D eigenvalue weighted by Crippen LogP contribution is 2.10. The summed E-state index contributed by atoms with van der Waals surface area (Å²) >= 11 is 0. The lowest BCUT2D eigenvalue weighted by Gasteiger charge is -2.24. The molecule has 1 aliphatic heterocycles. The Kier molecular flexibility index (Phi) is 5.16. The monoisotopic (exact) mass is 274 g/mol. The number of nitrogens with zero attached hydrogens (tertiary/aromatic N) is 1. The van der Waals surface area contributed by atoms with Gasteiger partial charge in [0.15, 0.2) is 0 Å². The van der Waals surface area contributed by atoms with E-state index in [0.717, 1.165) is 24.9 Å². The van der Waals surface area contributed by atoms with Gasteiger partial charge < -0.3 is 10.2 Å². The largest absolute Gasteiger partial charge is 0.344 e. The fourth-order valence-corrected chi connectivity index (χ4v) is 2.45. The third-order valence-electron chi connectivity index (χ3n) is 3.62. The minimum absolute atomic E-state index is 0.0294. The van der Waals surface area contributed by atoms with Crippen LogP contribution in [0.4, 0.5) is 0 Å². The summed E-state index contributed by atoms with van der Waals surface area (Å²) in [5.74, 6) is 0.0198. The Morgan fingerprint density at radius 1 is 1.25 bits per heavy atom. The third kappa shape index (κ3) is 3.83. The summed E-state index contributed by atoms with van der Waals surface area (Å²) in [5.41, 5.74) is 1.07. The number of benzene rings is 1. The Labute approximate surface area is 120 Å². The summed E-state index contributed by atoms with van der Waals surface area (Å²) in [5, 5.41) is 2.85. The molecule has 0 saturated carbocycles. The van der Waals surface area contributed by atoms with Crippen LogP contribution in [0.1, 0.15) is 31.7 Å². The van der Waals surface area contributed by atoms with Crippen LogP contribution < -0.4 is 5.32 Å². The summed E-state index contributed by atoms with van der Waals surface area (Å²) in [4.78, 5) is 26.1. The second-order valence-corrected chi connectivity index (χ2v) is 5.24. The Morgan fingerprint density at radius 2 is 2.00 bits per heavy atom. The molecule has 1 aromatic rings. The summed E-state index contributed by atoms with van der Waals surface area (Å²) in [7, 11) is 0. The highest BCUT2D eigenvalue weighted by molar-refractivity contribution is 5.90. The molecule has 1 aliphatic rings. The number of rotatable bonds is 5. The average Bonchev–Trinajstić information content (AvgIpc) is 2.59. The summed E-state index contributed by atoms with van der Waals surface area (Å²) in [6.45, 7) is 3.39. The van der Waals surface area contributed by atoms with E-state index in [4.69, 9.17) is 0 Å². The number of hydrogen-bond donors (Lipinski definition) is 1. The first kappa shape index (κ1) is 14.6. The second-order valence-electron chi connectivity index (χ2n) is 5.24. The van der Waals surface area contributed by atoms with E-state index < -0.39 is 6.04 Å². The molecule has 0 bridgehead atoms. The standard InChI is InChI=1S/C16H22N2O2/c1-2-3-10-18-11-9-15(19)17-14(16(18)20)12-13-7-5-4-6-8-13/h4-8,14H,2-3,9-12H2,1H3,(H,17,19). The zero-order valence-electron chi connectivity index (χ0n) is 12.0. The first-order valence-corrected chi connectivity index (χ1v) is 7.32. The molecule has 1 unspecified atom stereocenters. The van der Waals surface area contributed by atoms with Gasteiger partial charge in [0, 0.05) is 25.9 Å². The fourth-order valence-electron chi connectivity index (χ4n) is 2.45. The maximum Gasteiger partial charge on any atom is 0.245 e. The van der Waals surface area contributed by atoms with E-state index in [1.807, 2.05) is 35.2 Å². The van der Waals surface area contributed by atoms with Crippen LogP contribution in [0.5, 0.6) is 0 Å². The van der Waals surface area contributed by atoms with Gasteiger partial charge in [-0.3, -0.25) is 9.59 Å². The lowest BCUT2D eigenvalue weighted by Crippen LogP contribution is -2.46. The topological polar surface area (TPSA) is 49.4 Å². The van der Waals surface area contributed by atoms with Crippen molar-refractivity contribution in [2.75, 3.05) is 13.1 Å². The highest BCUT2D eigenvalue weighted by Gasteiger charge is 2.29. The van der Waals surface area contributed by atoms with Gasteiger partial charge in [-0.15, -0.1) is 0 Å². The summed E-state index contributed by atoms with van der Waals surface area (Å²) in [6.07, 6.45) is 3.00. The van der Waals surface area contributed by atoms with Crippen molar-refractivity contribution in [1.29, 1.82) is 0 Å². The van der Waals surface area contributed by atoms with Gasteiger partial charge in [-0.2, -0.15) is 0 Å². The van der Waals surface area contributed by atoms with Crippen LogP contribution in [-0.4, -0.2) is 35.8 Å². The molecular weight excluding hydrogens is 252 g/mol. The van der Waals surface area contributed by atoms with Gasteiger partial charge in [-0.1, -0.05) is 43.7 Å². The summed E-state index contributed by atoms with van der Waals surface area (Å²) < 4.78 is 0. The van der Waals surface area contributed by atoms with Crippen LogP contribution in [-0.2, 0) is 16.0 Å². The van der Waals surface area contributed by atoms with Crippen molar-refractivity contribution in [3.8, 4) is 0 Å². The molecule has 1 atom stereocenters. The lowest BCUT2D eigenvalue weighted by molar-refractivity contribution is -0.133. The Balaban J connectivity index is 2.08. The molecule has 1 fully saturated rings. The van der Waals surface area contributed by atoms with E-state index in [2.05, 4.69) is 12.2 Å². The van der Waals surface area contributed by atoms with Crippen molar-refractivity contribution in [3.63, 3.8) is 0 Å². The fraction of sp³-hybridized carbons (Fsp3) is 0.500. The van der Waals surface area contributed by atoms with E-state index in [1.165, 1.54) is 0 Å². The van der Waals surface area contributed by atoms with Crippen molar-refractivity contribution in [1.82, 2.24) is 10.2 Å². The number of nitrogens with one attached hydrogen (secondary N) is 1. The van der Waals surface area contributed by atoms with E-state index in [9.17, 15) is 9.59 Å². The average molecular weight is 274 g/mol. The number of amides is 2. The molecule has 2 rings (SSSR count). The van der Waals surface area contributed by atoms with Gasteiger partial charge in [0.25, 0.3) is 0 Å². The van der Waals surface area contributed by atoms with E-state index >= 15 is 0 Å². The predicted octanol–water partition coefficient (Wildman–Crippen LogP) is 1.75. The van der Waals surface area contributed by atoms with Gasteiger partial charge in [-0.25, -0.2) is 0 Å². The molecule has 4 nitrogen and oxygen atoms in total. The Bertz CT molecular complexity index is 459. The van der Waals surface area contributed by atoms with Crippen LogP contribution >= 0.6 is 0 Å². The SMILES string of the molecule is CCCCN1CCC(=O)NC(Cc2ccccc2)C1=O. The molecule has 0 aromatic heterocycles. The quantitative estimate of drug-likeness (QED) is 0.889. The van der Waals surface area contributed by atoms with E-state index in [0.29, 0.717) is 19.4 Å². The smallest absolute Gasteiger partial charge is 0.245 e. The molecule has 1 saturated heterocycles. The van der Waals surface area contributed by atoms with Crippen molar-refractivity contribution in [2.24, 2.45) is 0 Å². The minimum Gasteiger partial charge on any atom is -0.344 e.